The molecule has 0 fully saturated rings. The minimum absolute atomic E-state index is 0.535. The summed E-state index contributed by atoms with van der Waals surface area (Å²) >= 11 is 0. The summed E-state index contributed by atoms with van der Waals surface area (Å²) < 4.78 is 20.2. The van der Waals surface area contributed by atoms with Gasteiger partial charge in [-0.05, 0) is 24.6 Å². The van der Waals surface area contributed by atoms with Gasteiger partial charge in [-0.2, -0.15) is 0 Å². The summed E-state index contributed by atoms with van der Waals surface area (Å²) in [5.74, 6) is 0. The zero-order valence-corrected chi connectivity index (χ0v) is 12.1. The number of hydrogen-bond acceptors (Lipinski definition) is 2. The predicted octanol–water partition coefficient (Wildman–Crippen LogP) is 4.63. The minimum Gasteiger partial charge on any atom is -0.245 e. The highest BCUT2D eigenvalue weighted by Crippen LogP contribution is 2.14. The lowest BCUT2D eigenvalue weighted by Gasteiger charge is -2.01. The van der Waals surface area contributed by atoms with Crippen LogP contribution in [0, 0.1) is 11.7 Å². The van der Waals surface area contributed by atoms with E-state index in [1.54, 1.807) is 24.3 Å². The third-order valence-electron chi connectivity index (χ3n) is 2.84. The highest BCUT2D eigenvalue weighted by Gasteiger charge is 2.04. The van der Waals surface area contributed by atoms with E-state index in [9.17, 15) is 4.21 Å². The molecule has 1 N–H and O–H groups in total. The molecular weight excluding hydrogens is 266 g/mol. The van der Waals surface area contributed by atoms with Crippen LogP contribution in [0.25, 0.3) is 6.08 Å². The Kier molecular flexibility index (Phi) is 4.53. The lowest BCUT2D eigenvalue weighted by atomic mass is 10.2. The first kappa shape index (κ1) is 14.3. The third kappa shape index (κ3) is 3.93. The lowest BCUT2D eigenvalue weighted by molar-refractivity contribution is 0.680. The first-order chi connectivity index (χ1) is 9.58. The van der Waals surface area contributed by atoms with Crippen LogP contribution < -0.4 is 0 Å². The second-order valence-corrected chi connectivity index (χ2v) is 6.46. The van der Waals surface area contributed by atoms with Crippen molar-refractivity contribution in [2.45, 2.75) is 11.8 Å². The van der Waals surface area contributed by atoms with E-state index < -0.39 is 9.73 Å². The summed E-state index contributed by atoms with van der Waals surface area (Å²) in [6, 6.07) is 17.1. The van der Waals surface area contributed by atoms with Crippen molar-refractivity contribution in [3.8, 4) is 0 Å². The molecule has 0 aliphatic rings. The SMILES string of the molecule is Cc1ccc(S(=N)(=O)/C=C/C=C/c2ccccc2)cc1. The summed E-state index contributed by atoms with van der Waals surface area (Å²) in [4.78, 5) is 0.535. The fourth-order valence-electron chi connectivity index (χ4n) is 1.71. The van der Waals surface area contributed by atoms with Crippen LogP contribution in [0.1, 0.15) is 11.1 Å². The van der Waals surface area contributed by atoms with Gasteiger partial charge in [-0.1, -0.05) is 66.3 Å². The monoisotopic (exact) mass is 283 g/mol. The van der Waals surface area contributed by atoms with Gasteiger partial charge in [0.15, 0.2) is 0 Å². The van der Waals surface area contributed by atoms with Crippen LogP contribution in [-0.2, 0) is 9.73 Å². The number of aryl methyl sites for hydroxylation is 1. The van der Waals surface area contributed by atoms with E-state index >= 15 is 0 Å². The van der Waals surface area contributed by atoms with Gasteiger partial charge in [0.05, 0.1) is 14.6 Å². The van der Waals surface area contributed by atoms with Gasteiger partial charge in [0, 0.05) is 5.41 Å². The van der Waals surface area contributed by atoms with Crippen molar-refractivity contribution in [1.29, 1.82) is 4.78 Å². The Balaban J connectivity index is 2.10. The molecule has 0 bridgehead atoms. The predicted molar refractivity (Wildman–Crippen MR) is 84.9 cm³/mol. The highest BCUT2D eigenvalue weighted by atomic mass is 32.2. The molecule has 20 heavy (non-hydrogen) atoms. The fraction of sp³-hybridized carbons (Fsp3) is 0.0588. The van der Waals surface area contributed by atoms with Crippen molar-refractivity contribution in [1.82, 2.24) is 0 Å². The summed E-state index contributed by atoms with van der Waals surface area (Å²) in [5.41, 5.74) is 2.17. The second kappa shape index (κ2) is 6.35. The molecule has 0 saturated carbocycles. The standard InChI is InChI=1S/C17H17NOS/c1-15-10-12-17(13-11-15)20(18,19)14-6-5-9-16-7-3-2-4-8-16/h2-14,18H,1H3/b9-5+,14-6+. The van der Waals surface area contributed by atoms with E-state index in [2.05, 4.69) is 0 Å². The van der Waals surface area contributed by atoms with Gasteiger partial charge in [0.25, 0.3) is 0 Å². The van der Waals surface area contributed by atoms with Gasteiger partial charge in [0.1, 0.15) is 0 Å². The molecule has 0 radical (unpaired) electrons. The van der Waals surface area contributed by atoms with Crippen LogP contribution in [0.5, 0.6) is 0 Å². The fourth-order valence-corrected chi connectivity index (χ4v) is 2.72. The van der Waals surface area contributed by atoms with E-state index in [1.807, 2.05) is 55.5 Å². The van der Waals surface area contributed by atoms with Crippen molar-refractivity contribution in [3.63, 3.8) is 0 Å². The normalized spacial score (nSPS) is 14.7. The van der Waals surface area contributed by atoms with Gasteiger partial charge in [0.2, 0.25) is 0 Å². The summed E-state index contributed by atoms with van der Waals surface area (Å²) in [6.45, 7) is 1.97. The zero-order valence-electron chi connectivity index (χ0n) is 11.3. The lowest BCUT2D eigenvalue weighted by Crippen LogP contribution is -1.93. The van der Waals surface area contributed by atoms with Crippen LogP contribution in [-0.4, -0.2) is 4.21 Å². The number of nitrogens with one attached hydrogen (secondary N) is 1. The molecule has 2 rings (SSSR count). The molecule has 0 amide bonds. The first-order valence-electron chi connectivity index (χ1n) is 6.33. The third-order valence-corrected chi connectivity index (χ3v) is 4.35. The Morgan fingerprint density at radius 2 is 1.60 bits per heavy atom. The van der Waals surface area contributed by atoms with Crippen molar-refractivity contribution in [2.75, 3.05) is 0 Å². The molecule has 1 unspecified atom stereocenters. The van der Waals surface area contributed by atoms with Crippen LogP contribution in [0.3, 0.4) is 0 Å². The molecular formula is C17H17NOS. The van der Waals surface area contributed by atoms with Gasteiger partial charge in [-0.15, -0.1) is 0 Å². The van der Waals surface area contributed by atoms with Crippen molar-refractivity contribution < 1.29 is 4.21 Å². The average Bonchev–Trinajstić information content (AvgIpc) is 2.45. The molecule has 0 aromatic heterocycles. The van der Waals surface area contributed by atoms with E-state index in [1.165, 1.54) is 5.41 Å². The summed E-state index contributed by atoms with van der Waals surface area (Å²) in [7, 11) is -2.86. The summed E-state index contributed by atoms with van der Waals surface area (Å²) in [5, 5.41) is 1.44. The molecule has 1 atom stereocenters. The topological polar surface area (TPSA) is 40.9 Å². The van der Waals surface area contributed by atoms with Gasteiger partial charge in [-0.25, -0.2) is 8.99 Å². The highest BCUT2D eigenvalue weighted by molar-refractivity contribution is 7.95. The molecule has 0 aliphatic heterocycles. The quantitative estimate of drug-likeness (QED) is 0.817. The van der Waals surface area contributed by atoms with E-state index in [0.717, 1.165) is 11.1 Å². The van der Waals surface area contributed by atoms with E-state index in [0.29, 0.717) is 4.90 Å². The summed E-state index contributed by atoms with van der Waals surface area (Å²) in [6.07, 6.45) is 5.39. The molecule has 0 saturated heterocycles. The zero-order chi connectivity index (χ0) is 14.4. The van der Waals surface area contributed by atoms with Crippen LogP contribution in [0.15, 0.2) is 77.1 Å². The van der Waals surface area contributed by atoms with Crippen molar-refractivity contribution >= 4 is 15.8 Å². The van der Waals surface area contributed by atoms with Gasteiger partial charge < -0.3 is 0 Å². The molecule has 2 aromatic rings. The first-order valence-corrected chi connectivity index (χ1v) is 7.95. The van der Waals surface area contributed by atoms with Crippen LogP contribution in [0.2, 0.25) is 0 Å². The average molecular weight is 283 g/mol. The largest absolute Gasteiger partial charge is 0.245 e. The maximum Gasteiger partial charge on any atom is 0.0943 e. The Hall–Kier alpha value is -2.13. The number of rotatable bonds is 4. The van der Waals surface area contributed by atoms with Crippen LogP contribution in [0.4, 0.5) is 0 Å². The van der Waals surface area contributed by atoms with Crippen molar-refractivity contribution in [2.24, 2.45) is 0 Å². The van der Waals surface area contributed by atoms with Crippen molar-refractivity contribution in [3.05, 3.63) is 83.3 Å². The van der Waals surface area contributed by atoms with E-state index in [-0.39, 0.29) is 0 Å². The minimum atomic E-state index is -2.86. The molecule has 0 spiro atoms. The molecule has 0 aliphatic carbocycles. The number of allylic oxidation sites excluding steroid dienone is 2. The maximum atomic E-state index is 12.3. The molecule has 102 valence electrons. The Morgan fingerprint density at radius 1 is 0.950 bits per heavy atom. The smallest absolute Gasteiger partial charge is 0.0943 e. The Bertz CT molecular complexity index is 711. The van der Waals surface area contributed by atoms with E-state index in [4.69, 9.17) is 4.78 Å². The Morgan fingerprint density at radius 3 is 2.25 bits per heavy atom. The maximum absolute atomic E-state index is 12.3. The second-order valence-electron chi connectivity index (χ2n) is 4.51. The molecule has 3 heteroatoms. The molecule has 2 nitrogen and oxygen atoms in total. The number of benzene rings is 2. The molecule has 2 aromatic carbocycles. The molecule has 0 heterocycles. The number of hydrogen-bond donors (Lipinski definition) is 1. The van der Waals surface area contributed by atoms with Gasteiger partial charge >= 0.3 is 0 Å². The van der Waals surface area contributed by atoms with Gasteiger partial charge in [-0.3, -0.25) is 0 Å². The van der Waals surface area contributed by atoms with Crippen LogP contribution >= 0.6 is 0 Å². The Labute approximate surface area is 120 Å².